The van der Waals surface area contributed by atoms with Gasteiger partial charge in [-0.05, 0) is 24.1 Å². The van der Waals surface area contributed by atoms with E-state index in [9.17, 15) is 0 Å². The minimum absolute atomic E-state index is 0.141. The second kappa shape index (κ2) is 3.40. The Morgan fingerprint density at radius 3 is 2.92 bits per heavy atom. The molecule has 0 aliphatic heterocycles. The van der Waals surface area contributed by atoms with Crippen molar-refractivity contribution in [2.45, 2.75) is 6.42 Å². The van der Waals surface area contributed by atoms with E-state index in [1.54, 1.807) is 12.3 Å². The Labute approximate surface area is 80.7 Å². The topological polar surface area (TPSA) is 33.4 Å². The van der Waals surface area contributed by atoms with E-state index in [4.69, 9.17) is 21.1 Å². The van der Waals surface area contributed by atoms with Crippen LogP contribution < -0.4 is 0 Å². The summed E-state index contributed by atoms with van der Waals surface area (Å²) in [5.41, 5.74) is 1.77. The number of rotatable bonds is 2. The van der Waals surface area contributed by atoms with Crippen LogP contribution in [0.25, 0.3) is 11.0 Å². The summed E-state index contributed by atoms with van der Waals surface area (Å²) in [6.07, 6.45) is 2.24. The van der Waals surface area contributed by atoms with Crippen LogP contribution in [0.2, 0.25) is 5.02 Å². The summed E-state index contributed by atoms with van der Waals surface area (Å²) >= 11 is 5.91. The number of hydrogen-bond donors (Lipinski definition) is 1. The quantitative estimate of drug-likeness (QED) is 0.801. The van der Waals surface area contributed by atoms with Crippen molar-refractivity contribution >= 4 is 22.6 Å². The first kappa shape index (κ1) is 8.60. The third-order valence-corrected chi connectivity index (χ3v) is 2.34. The predicted molar refractivity (Wildman–Crippen MR) is 52.0 cm³/mol. The Hall–Kier alpha value is -0.990. The number of halogens is 1. The van der Waals surface area contributed by atoms with E-state index in [1.807, 2.05) is 12.1 Å². The summed E-state index contributed by atoms with van der Waals surface area (Å²) in [5.74, 6) is 0. The van der Waals surface area contributed by atoms with Crippen molar-refractivity contribution in [3.63, 3.8) is 0 Å². The van der Waals surface area contributed by atoms with Crippen molar-refractivity contribution in [2.75, 3.05) is 6.61 Å². The molecule has 0 bridgehead atoms. The number of hydrogen-bond acceptors (Lipinski definition) is 2. The molecule has 1 aromatic heterocycles. The summed E-state index contributed by atoms with van der Waals surface area (Å²) in [6.45, 7) is 0.141. The average molecular weight is 197 g/mol. The third kappa shape index (κ3) is 1.43. The van der Waals surface area contributed by atoms with Crippen LogP contribution in [0.1, 0.15) is 5.56 Å². The van der Waals surface area contributed by atoms with Gasteiger partial charge in [0.05, 0.1) is 11.3 Å². The van der Waals surface area contributed by atoms with Gasteiger partial charge in [-0.3, -0.25) is 0 Å². The SMILES string of the molecule is OCCc1ccc(Cl)c2occc12. The van der Waals surface area contributed by atoms with E-state index < -0.39 is 0 Å². The smallest absolute Gasteiger partial charge is 0.152 e. The second-order valence-corrected chi connectivity index (χ2v) is 3.25. The molecule has 0 radical (unpaired) electrons. The maximum Gasteiger partial charge on any atom is 0.152 e. The van der Waals surface area contributed by atoms with Gasteiger partial charge in [-0.1, -0.05) is 17.7 Å². The summed E-state index contributed by atoms with van der Waals surface area (Å²) in [6, 6.07) is 5.57. The van der Waals surface area contributed by atoms with Crippen LogP contribution in [0.3, 0.4) is 0 Å². The molecule has 1 aromatic carbocycles. The lowest BCUT2D eigenvalue weighted by Gasteiger charge is -2.00. The van der Waals surface area contributed by atoms with Gasteiger partial charge in [0.25, 0.3) is 0 Å². The van der Waals surface area contributed by atoms with E-state index in [-0.39, 0.29) is 6.61 Å². The lowest BCUT2D eigenvalue weighted by Crippen LogP contribution is -1.90. The van der Waals surface area contributed by atoms with Crippen molar-refractivity contribution in [3.05, 3.63) is 35.0 Å². The summed E-state index contributed by atoms with van der Waals surface area (Å²) in [5, 5.41) is 10.4. The van der Waals surface area contributed by atoms with Crippen LogP contribution in [0.5, 0.6) is 0 Å². The lowest BCUT2D eigenvalue weighted by molar-refractivity contribution is 0.300. The fourth-order valence-corrected chi connectivity index (χ4v) is 1.63. The van der Waals surface area contributed by atoms with E-state index in [0.717, 1.165) is 10.9 Å². The molecule has 3 heteroatoms. The predicted octanol–water partition coefficient (Wildman–Crippen LogP) is 2.62. The Morgan fingerprint density at radius 1 is 1.31 bits per heavy atom. The standard InChI is InChI=1S/C10H9ClO2/c11-9-2-1-7(3-5-12)8-4-6-13-10(8)9/h1-2,4,6,12H,3,5H2. The Morgan fingerprint density at radius 2 is 2.15 bits per heavy atom. The van der Waals surface area contributed by atoms with Gasteiger partial charge in [-0.15, -0.1) is 0 Å². The molecule has 0 fully saturated rings. The maximum absolute atomic E-state index is 8.82. The Bertz CT molecular complexity index is 420. The molecule has 0 saturated carbocycles. The number of furan rings is 1. The summed E-state index contributed by atoms with van der Waals surface area (Å²) in [7, 11) is 0. The fourth-order valence-electron chi connectivity index (χ4n) is 1.42. The Balaban J connectivity index is 2.64. The maximum atomic E-state index is 8.82. The molecule has 0 atom stereocenters. The lowest BCUT2D eigenvalue weighted by atomic mass is 10.1. The molecular weight excluding hydrogens is 188 g/mol. The number of fused-ring (bicyclic) bond motifs is 1. The Kier molecular flexibility index (Phi) is 2.25. The molecule has 1 heterocycles. The molecule has 0 aliphatic rings. The zero-order valence-electron chi connectivity index (χ0n) is 6.96. The van der Waals surface area contributed by atoms with E-state index in [0.29, 0.717) is 17.0 Å². The number of benzene rings is 1. The van der Waals surface area contributed by atoms with Crippen LogP contribution in [0.4, 0.5) is 0 Å². The van der Waals surface area contributed by atoms with Crippen LogP contribution in [-0.2, 0) is 6.42 Å². The fraction of sp³-hybridized carbons (Fsp3) is 0.200. The van der Waals surface area contributed by atoms with Gasteiger partial charge in [0, 0.05) is 12.0 Å². The van der Waals surface area contributed by atoms with Gasteiger partial charge in [0.15, 0.2) is 5.58 Å². The normalized spacial score (nSPS) is 10.9. The molecule has 0 aliphatic carbocycles. The van der Waals surface area contributed by atoms with E-state index >= 15 is 0 Å². The number of aliphatic hydroxyl groups excluding tert-OH is 1. The van der Waals surface area contributed by atoms with Gasteiger partial charge in [0.2, 0.25) is 0 Å². The van der Waals surface area contributed by atoms with Crippen LogP contribution in [-0.4, -0.2) is 11.7 Å². The van der Waals surface area contributed by atoms with Crippen molar-refractivity contribution in [1.29, 1.82) is 0 Å². The second-order valence-electron chi connectivity index (χ2n) is 2.84. The monoisotopic (exact) mass is 196 g/mol. The minimum atomic E-state index is 0.141. The van der Waals surface area contributed by atoms with Crippen LogP contribution in [0.15, 0.2) is 28.9 Å². The molecule has 2 aromatic rings. The highest BCUT2D eigenvalue weighted by Crippen LogP contribution is 2.27. The highest BCUT2D eigenvalue weighted by Gasteiger charge is 2.06. The van der Waals surface area contributed by atoms with Crippen LogP contribution in [0, 0.1) is 0 Å². The molecule has 68 valence electrons. The largest absolute Gasteiger partial charge is 0.463 e. The van der Waals surface area contributed by atoms with Crippen molar-refractivity contribution < 1.29 is 9.52 Å². The van der Waals surface area contributed by atoms with E-state index in [1.165, 1.54) is 0 Å². The first-order valence-electron chi connectivity index (χ1n) is 4.08. The highest BCUT2D eigenvalue weighted by atomic mass is 35.5. The molecule has 2 nitrogen and oxygen atoms in total. The van der Waals surface area contributed by atoms with Gasteiger partial charge in [-0.25, -0.2) is 0 Å². The molecular formula is C10H9ClO2. The van der Waals surface area contributed by atoms with Crippen molar-refractivity contribution in [3.8, 4) is 0 Å². The van der Waals surface area contributed by atoms with Gasteiger partial charge >= 0.3 is 0 Å². The van der Waals surface area contributed by atoms with Gasteiger partial charge in [-0.2, -0.15) is 0 Å². The zero-order valence-corrected chi connectivity index (χ0v) is 7.71. The molecule has 2 rings (SSSR count). The van der Waals surface area contributed by atoms with Gasteiger partial charge < -0.3 is 9.52 Å². The van der Waals surface area contributed by atoms with Crippen molar-refractivity contribution in [1.82, 2.24) is 0 Å². The molecule has 0 amide bonds. The van der Waals surface area contributed by atoms with Crippen LogP contribution >= 0.6 is 11.6 Å². The molecule has 0 spiro atoms. The first-order valence-corrected chi connectivity index (χ1v) is 4.46. The first-order chi connectivity index (χ1) is 6.33. The highest BCUT2D eigenvalue weighted by molar-refractivity contribution is 6.34. The minimum Gasteiger partial charge on any atom is -0.463 e. The number of aliphatic hydroxyl groups is 1. The zero-order chi connectivity index (χ0) is 9.26. The van der Waals surface area contributed by atoms with Crippen molar-refractivity contribution in [2.24, 2.45) is 0 Å². The third-order valence-electron chi connectivity index (χ3n) is 2.04. The molecule has 13 heavy (non-hydrogen) atoms. The molecule has 1 N–H and O–H groups in total. The molecule has 0 unspecified atom stereocenters. The average Bonchev–Trinajstić information content (AvgIpc) is 2.59. The summed E-state index contributed by atoms with van der Waals surface area (Å²) < 4.78 is 5.22. The van der Waals surface area contributed by atoms with Gasteiger partial charge in [0.1, 0.15) is 0 Å². The van der Waals surface area contributed by atoms with E-state index in [2.05, 4.69) is 0 Å². The molecule has 0 saturated heterocycles. The summed E-state index contributed by atoms with van der Waals surface area (Å²) in [4.78, 5) is 0.